The van der Waals surface area contributed by atoms with Crippen LogP contribution < -0.4 is 5.32 Å². The molecule has 102 valence electrons. The number of aliphatic imine (C=N–C) groups is 1. The Balaban J connectivity index is 1.74. The Morgan fingerprint density at radius 1 is 1.35 bits per heavy atom. The zero-order valence-corrected chi connectivity index (χ0v) is 11.3. The Morgan fingerprint density at radius 2 is 2.20 bits per heavy atom. The number of aryl methyl sites for hydroxylation is 1. The molecule has 2 heterocycles. The molecule has 0 saturated carbocycles. The fraction of sp³-hybridized carbons (Fsp3) is 0.308. The molecule has 0 fully saturated rings. The van der Waals surface area contributed by atoms with Crippen molar-refractivity contribution in [3.05, 3.63) is 22.7 Å². The van der Waals surface area contributed by atoms with E-state index in [1.54, 1.807) is 0 Å². The predicted molar refractivity (Wildman–Crippen MR) is 74.1 cm³/mol. The van der Waals surface area contributed by atoms with E-state index >= 15 is 0 Å². The quantitative estimate of drug-likeness (QED) is 0.891. The average molecular weight is 289 g/mol. The fourth-order valence-corrected chi connectivity index (χ4v) is 3.08. The van der Waals surface area contributed by atoms with Crippen LogP contribution in [0.4, 0.5) is 5.13 Å². The molecule has 0 radical (unpaired) electrons. The average Bonchev–Trinajstić information content (AvgIpc) is 2.83. The van der Waals surface area contributed by atoms with Crippen LogP contribution in [0.3, 0.4) is 0 Å². The van der Waals surface area contributed by atoms with Crippen molar-refractivity contribution in [3.8, 4) is 0 Å². The number of nitrogens with one attached hydrogen (secondary N) is 1. The Labute approximate surface area is 118 Å². The molecule has 3 rings (SSSR count). The number of dihydropyridines is 1. The third kappa shape index (κ3) is 2.44. The van der Waals surface area contributed by atoms with Gasteiger partial charge in [0.25, 0.3) is 5.91 Å². The minimum Gasteiger partial charge on any atom is -0.301 e. The van der Waals surface area contributed by atoms with Gasteiger partial charge in [-0.3, -0.25) is 14.4 Å². The van der Waals surface area contributed by atoms with Crippen molar-refractivity contribution in [1.82, 2.24) is 4.98 Å². The number of carbonyl (C=O) groups is 3. The summed E-state index contributed by atoms with van der Waals surface area (Å²) in [6.45, 7) is 0. The second-order valence-corrected chi connectivity index (χ2v) is 5.56. The van der Waals surface area contributed by atoms with E-state index in [0.717, 1.165) is 18.5 Å². The van der Waals surface area contributed by atoms with Crippen LogP contribution in [0.25, 0.3) is 0 Å². The predicted octanol–water partition coefficient (Wildman–Crippen LogP) is 1.38. The number of rotatable bonds is 2. The first-order valence-electron chi connectivity index (χ1n) is 6.23. The summed E-state index contributed by atoms with van der Waals surface area (Å²) in [5.74, 6) is -1.17. The van der Waals surface area contributed by atoms with Crippen LogP contribution in [-0.2, 0) is 16.0 Å². The first-order chi connectivity index (χ1) is 9.63. The number of ketones is 1. The highest BCUT2D eigenvalue weighted by molar-refractivity contribution is 7.17. The minimum atomic E-state index is -0.579. The first kappa shape index (κ1) is 12.9. The van der Waals surface area contributed by atoms with Gasteiger partial charge in [-0.15, -0.1) is 0 Å². The summed E-state index contributed by atoms with van der Waals surface area (Å²) >= 11 is 1.21. The van der Waals surface area contributed by atoms with Crippen LogP contribution in [0, 0.1) is 5.92 Å². The molecule has 0 aromatic carbocycles. The van der Waals surface area contributed by atoms with Gasteiger partial charge >= 0.3 is 0 Å². The van der Waals surface area contributed by atoms with E-state index < -0.39 is 5.92 Å². The van der Waals surface area contributed by atoms with E-state index in [1.165, 1.54) is 29.7 Å². The molecule has 1 N–H and O–H groups in total. The molecule has 1 aromatic rings. The molecule has 2 aliphatic rings. The second kappa shape index (κ2) is 5.09. The van der Waals surface area contributed by atoms with Crippen molar-refractivity contribution >= 4 is 40.3 Å². The summed E-state index contributed by atoms with van der Waals surface area (Å²) < 4.78 is 0. The molecule has 1 atom stereocenters. The number of hydrogen-bond donors (Lipinski definition) is 1. The lowest BCUT2D eigenvalue weighted by molar-refractivity contribution is -0.117. The van der Waals surface area contributed by atoms with Gasteiger partial charge in [0.05, 0.1) is 16.5 Å². The van der Waals surface area contributed by atoms with Crippen LogP contribution in [0.1, 0.15) is 28.2 Å². The normalized spacial score (nSPS) is 20.9. The molecule has 6 nitrogen and oxygen atoms in total. The summed E-state index contributed by atoms with van der Waals surface area (Å²) in [6, 6.07) is 0. The molecular weight excluding hydrogens is 278 g/mol. The van der Waals surface area contributed by atoms with Gasteiger partial charge in [0.15, 0.2) is 10.9 Å². The van der Waals surface area contributed by atoms with Gasteiger partial charge in [-0.25, -0.2) is 9.98 Å². The largest absolute Gasteiger partial charge is 0.301 e. The van der Waals surface area contributed by atoms with E-state index in [9.17, 15) is 14.4 Å². The van der Waals surface area contributed by atoms with Crippen LogP contribution in [0.5, 0.6) is 0 Å². The number of aromatic nitrogens is 1. The number of carbonyl (C=O) groups excluding carboxylic acids is 3. The summed E-state index contributed by atoms with van der Waals surface area (Å²) in [6.07, 6.45) is 6.18. The standard InChI is InChI=1S/C13H11N3O3S/c17-9-3-1-2-8-11(9)20-13(15-8)16-12(19)7-4-5-10(18)14-6-7/h4-7H,1-3H2,(H,15,16,19). The minimum absolute atomic E-state index is 0.0916. The maximum atomic E-state index is 12.0. The number of amides is 2. The van der Waals surface area contributed by atoms with E-state index in [4.69, 9.17) is 0 Å². The van der Waals surface area contributed by atoms with Gasteiger partial charge in [-0.1, -0.05) is 17.4 Å². The molecule has 0 spiro atoms. The van der Waals surface area contributed by atoms with Crippen molar-refractivity contribution < 1.29 is 14.4 Å². The van der Waals surface area contributed by atoms with E-state index in [0.29, 0.717) is 16.4 Å². The van der Waals surface area contributed by atoms with Gasteiger partial charge in [0.1, 0.15) is 0 Å². The van der Waals surface area contributed by atoms with Gasteiger partial charge in [-0.2, -0.15) is 0 Å². The molecule has 0 bridgehead atoms. The topological polar surface area (TPSA) is 88.5 Å². The van der Waals surface area contributed by atoms with Crippen LogP contribution in [0.15, 0.2) is 17.1 Å². The summed E-state index contributed by atoms with van der Waals surface area (Å²) in [7, 11) is 0. The van der Waals surface area contributed by atoms with Crippen molar-refractivity contribution in [2.75, 3.05) is 5.32 Å². The molecule has 20 heavy (non-hydrogen) atoms. The van der Waals surface area contributed by atoms with Crippen molar-refractivity contribution in [3.63, 3.8) is 0 Å². The third-order valence-electron chi connectivity index (χ3n) is 3.11. The Morgan fingerprint density at radius 3 is 2.90 bits per heavy atom. The van der Waals surface area contributed by atoms with Crippen molar-refractivity contribution in [2.24, 2.45) is 10.9 Å². The number of nitrogens with zero attached hydrogens (tertiary/aromatic N) is 2. The zero-order chi connectivity index (χ0) is 14.1. The van der Waals surface area contributed by atoms with Crippen LogP contribution in [0.2, 0.25) is 0 Å². The highest BCUT2D eigenvalue weighted by Gasteiger charge is 2.24. The van der Waals surface area contributed by atoms with Crippen molar-refractivity contribution in [2.45, 2.75) is 19.3 Å². The maximum Gasteiger partial charge on any atom is 0.269 e. The SMILES string of the molecule is O=C1C=CC(C(=O)Nc2nc3c(s2)C(=O)CCC3)C=N1. The Bertz CT molecular complexity index is 644. The fourth-order valence-electron chi connectivity index (χ4n) is 2.10. The number of thiazole rings is 1. The van der Waals surface area contributed by atoms with Crippen LogP contribution in [-0.4, -0.2) is 28.8 Å². The summed E-state index contributed by atoms with van der Waals surface area (Å²) in [4.78, 5) is 43.1. The lowest BCUT2D eigenvalue weighted by atomic mass is 10.0. The third-order valence-corrected chi connectivity index (χ3v) is 4.16. The molecule has 2 amide bonds. The molecular formula is C13H11N3O3S. The number of Topliss-reactive ketones (excluding diaryl/α,β-unsaturated/α-hetero) is 1. The molecule has 1 aliphatic heterocycles. The zero-order valence-electron chi connectivity index (χ0n) is 10.5. The monoisotopic (exact) mass is 289 g/mol. The highest BCUT2D eigenvalue weighted by Crippen LogP contribution is 2.29. The van der Waals surface area contributed by atoms with E-state index in [2.05, 4.69) is 15.3 Å². The highest BCUT2D eigenvalue weighted by atomic mass is 32.1. The smallest absolute Gasteiger partial charge is 0.269 e. The first-order valence-corrected chi connectivity index (χ1v) is 7.05. The summed E-state index contributed by atoms with van der Waals surface area (Å²) in [5.41, 5.74) is 0.768. The molecule has 1 aromatic heterocycles. The number of fused-ring (bicyclic) bond motifs is 1. The van der Waals surface area contributed by atoms with Gasteiger partial charge in [0, 0.05) is 18.7 Å². The van der Waals surface area contributed by atoms with E-state index in [-0.39, 0.29) is 17.6 Å². The second-order valence-electron chi connectivity index (χ2n) is 4.56. The Kier molecular flexibility index (Phi) is 3.27. The van der Waals surface area contributed by atoms with Gasteiger partial charge < -0.3 is 5.32 Å². The summed E-state index contributed by atoms with van der Waals surface area (Å²) in [5, 5.41) is 3.09. The van der Waals surface area contributed by atoms with E-state index in [1.807, 2.05) is 0 Å². The van der Waals surface area contributed by atoms with Gasteiger partial charge in [0.2, 0.25) is 5.91 Å². The van der Waals surface area contributed by atoms with Crippen LogP contribution >= 0.6 is 11.3 Å². The lowest BCUT2D eigenvalue weighted by Gasteiger charge is -2.08. The molecule has 1 unspecified atom stereocenters. The lowest BCUT2D eigenvalue weighted by Crippen LogP contribution is -2.24. The van der Waals surface area contributed by atoms with Gasteiger partial charge in [-0.05, 0) is 12.8 Å². The Hall–Kier alpha value is -2.15. The number of anilines is 1. The molecule has 1 aliphatic carbocycles. The maximum absolute atomic E-state index is 12.0. The van der Waals surface area contributed by atoms with Crippen molar-refractivity contribution in [1.29, 1.82) is 0 Å². The molecule has 7 heteroatoms. The number of hydrogen-bond acceptors (Lipinski definition) is 5. The molecule has 0 saturated heterocycles.